The molecule has 2 aromatic rings. The van der Waals surface area contributed by atoms with Crippen LogP contribution in [-0.2, 0) is 6.42 Å². The second kappa shape index (κ2) is 11.3. The van der Waals surface area contributed by atoms with Gasteiger partial charge in [0.15, 0.2) is 12.0 Å². The summed E-state index contributed by atoms with van der Waals surface area (Å²) in [6.07, 6.45) is 4.08. The van der Waals surface area contributed by atoms with Gasteiger partial charge in [0.25, 0.3) is 5.91 Å². The van der Waals surface area contributed by atoms with Crippen LogP contribution in [0.2, 0.25) is 0 Å². The summed E-state index contributed by atoms with van der Waals surface area (Å²) < 4.78 is 16.1. The Bertz CT molecular complexity index is 1530. The molecule has 1 aromatic carbocycles. The molecule has 4 aliphatic rings. The highest BCUT2D eigenvalue weighted by molar-refractivity contribution is 7.14. The second-order valence-corrected chi connectivity index (χ2v) is 13.8. The molecule has 0 saturated carbocycles. The largest absolute Gasteiger partial charge is 0.388 e. The Kier molecular flexibility index (Phi) is 7.84. The minimum atomic E-state index is -1.02. The molecule has 0 spiro atoms. The topological polar surface area (TPSA) is 116 Å². The first-order chi connectivity index (χ1) is 20.4. The summed E-state index contributed by atoms with van der Waals surface area (Å²) in [5, 5.41) is 35.6. The number of aliphatic hydroxyl groups excluding tert-OH is 2. The van der Waals surface area contributed by atoms with Crippen molar-refractivity contribution in [3.8, 4) is 0 Å². The van der Waals surface area contributed by atoms with E-state index in [0.29, 0.717) is 34.8 Å². The highest BCUT2D eigenvalue weighted by atomic mass is 32.1. The van der Waals surface area contributed by atoms with Gasteiger partial charge in [-0.3, -0.25) is 14.7 Å². The predicted octanol–water partition coefficient (Wildman–Crippen LogP) is 2.91. The predicted molar refractivity (Wildman–Crippen MR) is 166 cm³/mol. The molecule has 3 aliphatic heterocycles. The maximum atomic E-state index is 16.1. The number of likely N-dealkylation sites (tertiary alicyclic amines) is 1. The SMILES string of the molecule is Cc1ccc(C2=NN(C)C(O)C(NC3C=C(CN4CCC4)N(C)NC3)=C2)c(F)c1NC(=O)c1cc2c(s1)CC(C)(C)C2O. The van der Waals surface area contributed by atoms with Crippen LogP contribution in [0.3, 0.4) is 0 Å². The Morgan fingerprint density at radius 1 is 1.26 bits per heavy atom. The van der Waals surface area contributed by atoms with Crippen molar-refractivity contribution in [1.29, 1.82) is 0 Å². The number of benzene rings is 1. The van der Waals surface area contributed by atoms with Crippen LogP contribution in [0.1, 0.15) is 57.6 Å². The number of carbonyl (C=O) groups excluding carboxylic acids is 1. The van der Waals surface area contributed by atoms with E-state index in [1.807, 2.05) is 25.9 Å². The van der Waals surface area contributed by atoms with E-state index in [-0.39, 0.29) is 22.7 Å². The van der Waals surface area contributed by atoms with E-state index in [0.717, 1.165) is 35.8 Å². The molecule has 0 radical (unpaired) electrons. The van der Waals surface area contributed by atoms with Crippen molar-refractivity contribution in [1.82, 2.24) is 25.7 Å². The van der Waals surface area contributed by atoms with Crippen LogP contribution in [0.25, 0.3) is 0 Å². The molecule has 3 atom stereocenters. The minimum absolute atomic E-state index is 0.0782. The zero-order valence-electron chi connectivity index (χ0n) is 25.2. The summed E-state index contributed by atoms with van der Waals surface area (Å²) >= 11 is 1.34. The van der Waals surface area contributed by atoms with Gasteiger partial charge in [-0.15, -0.1) is 11.3 Å². The van der Waals surface area contributed by atoms with Gasteiger partial charge in [-0.25, -0.2) is 9.82 Å². The van der Waals surface area contributed by atoms with Crippen molar-refractivity contribution in [2.75, 3.05) is 45.6 Å². The number of aryl methyl sites for hydroxylation is 1. The quantitative estimate of drug-likeness (QED) is 0.326. The fourth-order valence-corrected chi connectivity index (χ4v) is 7.28. The average Bonchev–Trinajstić information content (AvgIpc) is 3.43. The molecule has 1 saturated heterocycles. The van der Waals surface area contributed by atoms with Crippen molar-refractivity contribution in [3.05, 3.63) is 74.0 Å². The van der Waals surface area contributed by atoms with Crippen LogP contribution in [-0.4, -0.2) is 89.3 Å². The van der Waals surface area contributed by atoms with Crippen LogP contribution in [0, 0.1) is 18.2 Å². The number of amides is 1. The average molecular weight is 610 g/mol. The molecule has 0 bridgehead atoms. The van der Waals surface area contributed by atoms with E-state index >= 15 is 4.39 Å². The first kappa shape index (κ1) is 29.8. The third-order valence-corrected chi connectivity index (χ3v) is 9.98. The summed E-state index contributed by atoms with van der Waals surface area (Å²) in [5.74, 6) is -1.02. The summed E-state index contributed by atoms with van der Waals surface area (Å²) in [4.78, 5) is 17.0. The smallest absolute Gasteiger partial charge is 0.265 e. The molecule has 3 unspecified atom stereocenters. The number of allylic oxidation sites excluding steroid dienone is 1. The Morgan fingerprint density at radius 2 is 2.02 bits per heavy atom. The van der Waals surface area contributed by atoms with E-state index in [2.05, 4.69) is 32.1 Å². The molecule has 43 heavy (non-hydrogen) atoms. The second-order valence-electron chi connectivity index (χ2n) is 12.6. The van der Waals surface area contributed by atoms with Crippen LogP contribution in [0.5, 0.6) is 0 Å². The minimum Gasteiger partial charge on any atom is -0.388 e. The molecule has 1 fully saturated rings. The van der Waals surface area contributed by atoms with E-state index < -0.39 is 24.1 Å². The van der Waals surface area contributed by atoms with Crippen LogP contribution in [0.4, 0.5) is 10.1 Å². The Hall–Kier alpha value is -3.29. The van der Waals surface area contributed by atoms with Crippen LogP contribution in [0.15, 0.2) is 46.8 Å². The molecule has 6 rings (SSSR count). The third-order valence-electron chi connectivity index (χ3n) is 8.83. The first-order valence-corrected chi connectivity index (χ1v) is 15.5. The van der Waals surface area contributed by atoms with E-state index in [4.69, 9.17) is 0 Å². The van der Waals surface area contributed by atoms with E-state index in [1.165, 1.54) is 22.8 Å². The van der Waals surface area contributed by atoms with Crippen molar-refractivity contribution >= 4 is 28.6 Å². The maximum Gasteiger partial charge on any atom is 0.265 e. The molecule has 5 N–H and O–H groups in total. The first-order valence-electron chi connectivity index (χ1n) is 14.7. The number of hydrogen-bond acceptors (Lipinski definition) is 10. The van der Waals surface area contributed by atoms with Gasteiger partial charge in [0, 0.05) is 43.3 Å². The highest BCUT2D eigenvalue weighted by Crippen LogP contribution is 2.48. The fourth-order valence-electron chi connectivity index (χ4n) is 5.95. The van der Waals surface area contributed by atoms with E-state index in [1.54, 1.807) is 38.2 Å². The number of hydrazone groups is 1. The number of likely N-dealkylation sites (N-methyl/N-ethyl adjacent to an activating group) is 2. The lowest BCUT2D eigenvalue weighted by Crippen LogP contribution is -2.52. The normalized spacial score (nSPS) is 25.0. The summed E-state index contributed by atoms with van der Waals surface area (Å²) in [7, 11) is 3.64. The number of hydrogen-bond donors (Lipinski definition) is 5. The lowest BCUT2D eigenvalue weighted by molar-refractivity contribution is 0.0458. The van der Waals surface area contributed by atoms with Crippen LogP contribution >= 0.6 is 11.3 Å². The molecule has 12 heteroatoms. The standard InChI is InChI=1S/C31H40FN7O3S/c1-17-7-8-20(26(32)27(17)35-29(41)24-12-21-25(43-24)14-31(2,3)28(21)40)22-13-23(30(42)38(5)36-22)34-18-11-19(37(4)33-15-18)16-39-9-6-10-39/h7-8,11-13,18,28,30,33-34,40,42H,6,9-10,14-16H2,1-5H3,(H,35,41). The van der Waals surface area contributed by atoms with Gasteiger partial charge >= 0.3 is 0 Å². The van der Waals surface area contributed by atoms with Crippen molar-refractivity contribution in [2.24, 2.45) is 10.5 Å². The number of hydrazine groups is 1. The number of halogens is 1. The van der Waals surface area contributed by atoms with Gasteiger partial charge in [0.1, 0.15) is 0 Å². The number of aliphatic hydroxyl groups is 2. The zero-order valence-corrected chi connectivity index (χ0v) is 26.1. The summed E-state index contributed by atoms with van der Waals surface area (Å²) in [5.41, 5.74) is 6.72. The van der Waals surface area contributed by atoms with Gasteiger partial charge in [-0.2, -0.15) is 5.10 Å². The summed E-state index contributed by atoms with van der Waals surface area (Å²) in [6, 6.07) is 5.01. The van der Waals surface area contributed by atoms with Gasteiger partial charge in [0.2, 0.25) is 0 Å². The molecular formula is C31H40FN7O3S. The van der Waals surface area contributed by atoms with Crippen LogP contribution < -0.4 is 16.1 Å². The summed E-state index contributed by atoms with van der Waals surface area (Å²) in [6.45, 7) is 9.41. The monoisotopic (exact) mass is 609 g/mol. The van der Waals surface area contributed by atoms with Gasteiger partial charge in [-0.05, 0) is 73.7 Å². The Labute approximate surface area is 255 Å². The molecule has 4 heterocycles. The number of nitrogens with zero attached hydrogens (tertiary/aromatic N) is 4. The van der Waals surface area contributed by atoms with Crippen molar-refractivity contribution in [2.45, 2.75) is 52.0 Å². The number of thiophene rings is 1. The number of fused-ring (bicyclic) bond motifs is 1. The molecule has 1 aromatic heterocycles. The number of carbonyl (C=O) groups is 1. The van der Waals surface area contributed by atoms with Gasteiger partial charge in [-0.1, -0.05) is 19.9 Å². The number of anilines is 1. The van der Waals surface area contributed by atoms with Gasteiger partial charge < -0.3 is 25.9 Å². The van der Waals surface area contributed by atoms with E-state index in [9.17, 15) is 15.0 Å². The number of rotatable bonds is 7. The van der Waals surface area contributed by atoms with Gasteiger partial charge in [0.05, 0.1) is 34.1 Å². The Morgan fingerprint density at radius 3 is 2.72 bits per heavy atom. The molecule has 230 valence electrons. The van der Waals surface area contributed by atoms with Crippen molar-refractivity contribution in [3.63, 3.8) is 0 Å². The fraction of sp³-hybridized carbons (Fsp3) is 0.484. The molecule has 10 nitrogen and oxygen atoms in total. The molecule has 1 aliphatic carbocycles. The lowest BCUT2D eigenvalue weighted by atomic mass is 9.88. The lowest BCUT2D eigenvalue weighted by Gasteiger charge is -2.39. The highest BCUT2D eigenvalue weighted by Gasteiger charge is 2.40. The maximum absolute atomic E-state index is 16.1. The molecular weight excluding hydrogens is 569 g/mol. The Balaban J connectivity index is 1.22. The number of nitrogens with one attached hydrogen (secondary N) is 3. The molecule has 1 amide bonds. The zero-order chi connectivity index (χ0) is 30.6. The van der Waals surface area contributed by atoms with Crippen molar-refractivity contribution < 1.29 is 19.4 Å². The third kappa shape index (κ3) is 5.69.